The standard InChI is InChI=1S/C24H19Cl2N3O2S/c25-17-6-10-19(11-7-17)27-23(31)21-14-22(30)29(15-16-4-2-1-3-5-16)24(32-21)28-20-12-8-18(26)9-13-20/h1-13,21H,14-15H2,(H,27,31). The van der Waals surface area contributed by atoms with Gasteiger partial charge < -0.3 is 5.32 Å². The summed E-state index contributed by atoms with van der Waals surface area (Å²) in [5, 5.41) is 3.91. The summed E-state index contributed by atoms with van der Waals surface area (Å²) in [6, 6.07) is 23.6. The number of hydrogen-bond acceptors (Lipinski definition) is 4. The summed E-state index contributed by atoms with van der Waals surface area (Å²) in [5.74, 6) is -0.412. The van der Waals surface area contributed by atoms with E-state index in [2.05, 4.69) is 10.3 Å². The Labute approximate surface area is 200 Å². The Hall–Kier alpha value is -2.80. The van der Waals surface area contributed by atoms with Crippen molar-refractivity contribution in [2.75, 3.05) is 5.32 Å². The van der Waals surface area contributed by atoms with Crippen LogP contribution in [0.1, 0.15) is 12.0 Å². The van der Waals surface area contributed by atoms with Crippen LogP contribution in [0.25, 0.3) is 0 Å². The molecule has 1 aliphatic heterocycles. The fourth-order valence-electron chi connectivity index (χ4n) is 3.14. The van der Waals surface area contributed by atoms with Crippen molar-refractivity contribution in [1.29, 1.82) is 0 Å². The lowest BCUT2D eigenvalue weighted by Crippen LogP contribution is -2.44. The molecule has 0 aromatic heterocycles. The van der Waals surface area contributed by atoms with Gasteiger partial charge in [0.25, 0.3) is 0 Å². The number of anilines is 1. The van der Waals surface area contributed by atoms with Crippen LogP contribution in [0.2, 0.25) is 10.0 Å². The summed E-state index contributed by atoms with van der Waals surface area (Å²) in [7, 11) is 0. The number of amidine groups is 1. The van der Waals surface area contributed by atoms with Gasteiger partial charge in [-0.15, -0.1) is 0 Å². The number of hydrogen-bond donors (Lipinski definition) is 1. The first-order valence-electron chi connectivity index (χ1n) is 9.89. The lowest BCUT2D eigenvalue weighted by atomic mass is 10.2. The topological polar surface area (TPSA) is 61.8 Å². The first-order chi connectivity index (χ1) is 15.5. The number of nitrogens with zero attached hydrogens (tertiary/aromatic N) is 2. The molecule has 4 rings (SSSR count). The molecule has 1 saturated heterocycles. The van der Waals surface area contributed by atoms with Gasteiger partial charge in [0, 0.05) is 22.2 Å². The molecule has 0 saturated carbocycles. The van der Waals surface area contributed by atoms with Crippen LogP contribution in [0.4, 0.5) is 11.4 Å². The van der Waals surface area contributed by atoms with E-state index in [1.54, 1.807) is 53.4 Å². The molecular formula is C24H19Cl2N3O2S. The van der Waals surface area contributed by atoms with E-state index in [0.29, 0.717) is 33.1 Å². The third-order valence-corrected chi connectivity index (χ3v) is 6.47. The first-order valence-corrected chi connectivity index (χ1v) is 11.5. The van der Waals surface area contributed by atoms with Crippen LogP contribution in [-0.4, -0.2) is 27.1 Å². The second-order valence-corrected chi connectivity index (χ2v) is 9.19. The van der Waals surface area contributed by atoms with Gasteiger partial charge in [-0.05, 0) is 54.1 Å². The molecule has 3 aromatic carbocycles. The molecule has 1 heterocycles. The van der Waals surface area contributed by atoms with Crippen molar-refractivity contribution < 1.29 is 9.59 Å². The van der Waals surface area contributed by atoms with Crippen LogP contribution in [0.5, 0.6) is 0 Å². The minimum Gasteiger partial charge on any atom is -0.325 e. The largest absolute Gasteiger partial charge is 0.325 e. The van der Waals surface area contributed by atoms with Gasteiger partial charge in [-0.3, -0.25) is 14.5 Å². The van der Waals surface area contributed by atoms with E-state index >= 15 is 0 Å². The van der Waals surface area contributed by atoms with E-state index in [9.17, 15) is 9.59 Å². The molecule has 8 heteroatoms. The normalized spacial score (nSPS) is 17.4. The lowest BCUT2D eigenvalue weighted by molar-refractivity contribution is -0.129. The molecular weight excluding hydrogens is 465 g/mol. The maximum absolute atomic E-state index is 13.1. The van der Waals surface area contributed by atoms with Crippen LogP contribution in [0.3, 0.4) is 0 Å². The van der Waals surface area contributed by atoms with Crippen LogP contribution in [-0.2, 0) is 16.1 Å². The minimum atomic E-state index is -0.601. The highest BCUT2D eigenvalue weighted by molar-refractivity contribution is 8.15. The zero-order valence-electron chi connectivity index (χ0n) is 16.9. The van der Waals surface area contributed by atoms with E-state index in [1.807, 2.05) is 30.3 Å². The number of aliphatic imine (C=N–C) groups is 1. The Kier molecular flexibility index (Phi) is 7.15. The van der Waals surface area contributed by atoms with E-state index < -0.39 is 5.25 Å². The first kappa shape index (κ1) is 22.4. The molecule has 2 amide bonds. The number of carbonyl (C=O) groups is 2. The van der Waals surface area contributed by atoms with Crippen molar-refractivity contribution in [1.82, 2.24) is 4.90 Å². The average Bonchev–Trinajstić information content (AvgIpc) is 2.79. The molecule has 1 aliphatic rings. The minimum absolute atomic E-state index is 0.0799. The van der Waals surface area contributed by atoms with Crippen LogP contribution in [0.15, 0.2) is 83.9 Å². The molecule has 0 radical (unpaired) electrons. The molecule has 5 nitrogen and oxygen atoms in total. The summed E-state index contributed by atoms with van der Waals surface area (Å²) >= 11 is 13.2. The van der Waals surface area contributed by atoms with Crippen molar-refractivity contribution in [2.45, 2.75) is 18.2 Å². The average molecular weight is 484 g/mol. The Morgan fingerprint density at radius 2 is 1.59 bits per heavy atom. The SMILES string of the molecule is O=C(Nc1ccc(Cl)cc1)C1CC(=O)N(Cc2ccccc2)C(=Nc2ccc(Cl)cc2)S1. The maximum Gasteiger partial charge on any atom is 0.238 e. The number of benzene rings is 3. The lowest BCUT2D eigenvalue weighted by Gasteiger charge is -2.32. The Morgan fingerprint density at radius 3 is 2.25 bits per heavy atom. The van der Waals surface area contributed by atoms with E-state index in [4.69, 9.17) is 23.2 Å². The third-order valence-electron chi connectivity index (χ3n) is 4.78. The Bertz CT molecular complexity index is 1140. The van der Waals surface area contributed by atoms with Gasteiger partial charge in [0.15, 0.2) is 5.17 Å². The highest BCUT2D eigenvalue weighted by Crippen LogP contribution is 2.31. The zero-order valence-corrected chi connectivity index (χ0v) is 19.2. The summed E-state index contributed by atoms with van der Waals surface area (Å²) in [5.41, 5.74) is 2.26. The van der Waals surface area contributed by atoms with Crippen molar-refractivity contribution in [3.05, 3.63) is 94.5 Å². The summed E-state index contributed by atoms with van der Waals surface area (Å²) < 4.78 is 0. The van der Waals surface area contributed by atoms with Crippen LogP contribution < -0.4 is 5.32 Å². The van der Waals surface area contributed by atoms with Gasteiger partial charge in [0.2, 0.25) is 11.8 Å². The third kappa shape index (κ3) is 5.71. The van der Waals surface area contributed by atoms with Crippen LogP contribution >= 0.6 is 35.0 Å². The van der Waals surface area contributed by atoms with Gasteiger partial charge in [-0.1, -0.05) is 65.3 Å². The van der Waals surface area contributed by atoms with Crippen molar-refractivity contribution in [3.8, 4) is 0 Å². The summed E-state index contributed by atoms with van der Waals surface area (Å²) in [4.78, 5) is 32.3. The molecule has 32 heavy (non-hydrogen) atoms. The number of carbonyl (C=O) groups excluding carboxylic acids is 2. The molecule has 162 valence electrons. The second-order valence-electron chi connectivity index (χ2n) is 7.14. The number of rotatable bonds is 5. The van der Waals surface area contributed by atoms with E-state index in [0.717, 1.165) is 5.56 Å². The highest BCUT2D eigenvalue weighted by atomic mass is 35.5. The molecule has 1 atom stereocenters. The van der Waals surface area contributed by atoms with Crippen LogP contribution in [0, 0.1) is 0 Å². The summed E-state index contributed by atoms with van der Waals surface area (Å²) in [6.07, 6.45) is 0.0799. The molecule has 3 aromatic rings. The monoisotopic (exact) mass is 483 g/mol. The van der Waals surface area contributed by atoms with Gasteiger partial charge in [-0.2, -0.15) is 0 Å². The predicted octanol–water partition coefficient (Wildman–Crippen LogP) is 6.15. The van der Waals surface area contributed by atoms with Crippen molar-refractivity contribution in [3.63, 3.8) is 0 Å². The molecule has 0 bridgehead atoms. The molecule has 1 fully saturated rings. The van der Waals surface area contributed by atoms with Gasteiger partial charge in [-0.25, -0.2) is 4.99 Å². The Morgan fingerprint density at radius 1 is 0.969 bits per heavy atom. The zero-order chi connectivity index (χ0) is 22.5. The smallest absolute Gasteiger partial charge is 0.238 e. The van der Waals surface area contributed by atoms with Gasteiger partial charge in [0.1, 0.15) is 5.25 Å². The quantitative estimate of drug-likeness (QED) is 0.472. The molecule has 0 spiro atoms. The van der Waals surface area contributed by atoms with E-state index in [-0.39, 0.29) is 18.2 Å². The van der Waals surface area contributed by atoms with Crippen molar-refractivity contribution in [2.24, 2.45) is 4.99 Å². The van der Waals surface area contributed by atoms with Crippen molar-refractivity contribution >= 4 is 63.3 Å². The number of thioether (sulfide) groups is 1. The molecule has 0 aliphatic carbocycles. The van der Waals surface area contributed by atoms with Gasteiger partial charge in [0.05, 0.1) is 12.2 Å². The van der Waals surface area contributed by atoms with Gasteiger partial charge >= 0.3 is 0 Å². The molecule has 1 N–H and O–H groups in total. The number of amides is 2. The second kappa shape index (κ2) is 10.2. The van der Waals surface area contributed by atoms with E-state index in [1.165, 1.54) is 11.8 Å². The molecule has 1 unspecified atom stereocenters. The fraction of sp³-hybridized carbons (Fsp3) is 0.125. The maximum atomic E-state index is 13.1. The number of nitrogens with one attached hydrogen (secondary N) is 1. The fourth-order valence-corrected chi connectivity index (χ4v) is 4.49. The summed E-state index contributed by atoms with van der Waals surface area (Å²) in [6.45, 7) is 0.380. The Balaban J connectivity index is 1.58. The number of halogens is 2. The highest BCUT2D eigenvalue weighted by Gasteiger charge is 2.36. The predicted molar refractivity (Wildman–Crippen MR) is 132 cm³/mol.